The van der Waals surface area contributed by atoms with E-state index in [0.717, 1.165) is 25.2 Å². The van der Waals surface area contributed by atoms with Gasteiger partial charge in [-0.2, -0.15) is 0 Å². The number of nitrogens with zero attached hydrogens (tertiary/aromatic N) is 1. The molecule has 4 aliphatic rings. The summed E-state index contributed by atoms with van der Waals surface area (Å²) in [4.78, 5) is 14.0. The quantitative estimate of drug-likeness (QED) is 0.747. The van der Waals surface area contributed by atoms with Crippen LogP contribution < -0.4 is 0 Å². The molecule has 0 spiro atoms. The van der Waals surface area contributed by atoms with E-state index in [1.807, 2.05) is 11.9 Å². The Kier molecular flexibility index (Phi) is 3.08. The van der Waals surface area contributed by atoms with Crippen molar-refractivity contribution in [3.63, 3.8) is 0 Å². The van der Waals surface area contributed by atoms with Crippen molar-refractivity contribution in [2.45, 2.75) is 64.5 Å². The molecule has 3 nitrogen and oxygen atoms in total. The van der Waals surface area contributed by atoms with Gasteiger partial charge >= 0.3 is 0 Å². The fraction of sp³-hybridized carbons (Fsp3) is 0.842. The molecule has 0 bridgehead atoms. The van der Waals surface area contributed by atoms with Gasteiger partial charge in [-0.15, -0.1) is 0 Å². The van der Waals surface area contributed by atoms with Crippen LogP contribution >= 0.6 is 0 Å². The normalized spacial score (nSPS) is 53.9. The number of carbonyl (C=O) groups is 1. The maximum Gasteiger partial charge on any atom is 0.246 e. The zero-order valence-corrected chi connectivity index (χ0v) is 14.1. The second-order valence-corrected chi connectivity index (χ2v) is 8.76. The van der Waals surface area contributed by atoms with Crippen LogP contribution in [-0.4, -0.2) is 35.1 Å². The van der Waals surface area contributed by atoms with E-state index < -0.39 is 0 Å². The number of hydrogen-bond acceptors (Lipinski definition) is 2. The standard InChI is InChI=1S/C19H29NO2/c1-18-11-9-17(22)20(3)15(18)6-4-12-13-5-7-16(21)19(13,2)10-8-14(12)18/h9,11-16,21H,4-8,10H2,1-3H3/t12?,13-,14?,15+,16?,18+,19-/m0/s1. The molecular weight excluding hydrogens is 274 g/mol. The summed E-state index contributed by atoms with van der Waals surface area (Å²) >= 11 is 0. The summed E-state index contributed by atoms with van der Waals surface area (Å²) in [6.07, 6.45) is 10.8. The molecule has 0 radical (unpaired) electrons. The highest BCUT2D eigenvalue weighted by atomic mass is 16.3. The Labute approximate surface area is 133 Å². The highest BCUT2D eigenvalue weighted by Gasteiger charge is 2.60. The first kappa shape index (κ1) is 14.7. The third-order valence-corrected chi connectivity index (χ3v) is 8.08. The molecule has 4 rings (SSSR count). The van der Waals surface area contributed by atoms with Crippen LogP contribution in [0, 0.1) is 28.6 Å². The zero-order chi connectivity index (χ0) is 15.7. The lowest BCUT2D eigenvalue weighted by Crippen LogP contribution is -2.59. The second-order valence-electron chi connectivity index (χ2n) is 8.76. The minimum Gasteiger partial charge on any atom is -0.393 e. The molecule has 1 aliphatic heterocycles. The van der Waals surface area contributed by atoms with E-state index in [0.29, 0.717) is 17.9 Å². The third-order valence-electron chi connectivity index (χ3n) is 8.08. The minimum absolute atomic E-state index is 0.102. The van der Waals surface area contributed by atoms with E-state index in [-0.39, 0.29) is 22.8 Å². The predicted octanol–water partition coefficient (Wildman–Crippen LogP) is 2.99. The zero-order valence-electron chi connectivity index (χ0n) is 14.1. The van der Waals surface area contributed by atoms with Gasteiger partial charge in [0.05, 0.1) is 6.10 Å². The van der Waals surface area contributed by atoms with E-state index in [2.05, 4.69) is 19.9 Å². The Balaban J connectivity index is 1.70. The van der Waals surface area contributed by atoms with Crippen LogP contribution in [0.4, 0.5) is 0 Å². The van der Waals surface area contributed by atoms with Crippen molar-refractivity contribution in [2.75, 3.05) is 7.05 Å². The summed E-state index contributed by atoms with van der Waals surface area (Å²) in [6.45, 7) is 4.70. The van der Waals surface area contributed by atoms with Crippen molar-refractivity contribution >= 4 is 5.91 Å². The van der Waals surface area contributed by atoms with Gasteiger partial charge in [0.1, 0.15) is 0 Å². The molecule has 3 fully saturated rings. The van der Waals surface area contributed by atoms with Gasteiger partial charge in [-0.25, -0.2) is 0 Å². The summed E-state index contributed by atoms with van der Waals surface area (Å²) in [5.41, 5.74) is 0.269. The number of hydrogen-bond donors (Lipinski definition) is 1. The lowest BCUT2D eigenvalue weighted by atomic mass is 9.48. The van der Waals surface area contributed by atoms with Gasteiger partial charge in [0, 0.05) is 18.5 Å². The first-order valence-corrected chi connectivity index (χ1v) is 9.02. The van der Waals surface area contributed by atoms with Crippen molar-refractivity contribution in [3.8, 4) is 0 Å². The van der Waals surface area contributed by atoms with Crippen LogP contribution in [0.3, 0.4) is 0 Å². The van der Waals surface area contributed by atoms with Crippen LogP contribution in [0.2, 0.25) is 0 Å². The van der Waals surface area contributed by atoms with Gasteiger partial charge in [0.2, 0.25) is 5.91 Å². The lowest BCUT2D eigenvalue weighted by molar-refractivity contribution is -0.140. The number of likely N-dealkylation sites (N-methyl/N-ethyl adjacent to an activating group) is 1. The summed E-state index contributed by atoms with van der Waals surface area (Å²) in [5.74, 6) is 2.23. The van der Waals surface area contributed by atoms with Crippen LogP contribution in [-0.2, 0) is 4.79 Å². The monoisotopic (exact) mass is 303 g/mol. The van der Waals surface area contributed by atoms with Crippen molar-refractivity contribution < 1.29 is 9.90 Å². The topological polar surface area (TPSA) is 40.5 Å². The first-order chi connectivity index (χ1) is 10.4. The molecular formula is C19H29NO2. The largest absolute Gasteiger partial charge is 0.393 e. The highest BCUT2D eigenvalue weighted by Crippen LogP contribution is 2.63. The molecule has 0 aromatic carbocycles. The second kappa shape index (κ2) is 4.59. The molecule has 1 N–H and O–H groups in total. The number of carbonyl (C=O) groups excluding carboxylic acids is 1. The molecule has 0 saturated heterocycles. The first-order valence-electron chi connectivity index (χ1n) is 9.02. The van der Waals surface area contributed by atoms with E-state index in [4.69, 9.17) is 0 Å². The Morgan fingerprint density at radius 2 is 1.91 bits per heavy atom. The average molecular weight is 303 g/mol. The maximum atomic E-state index is 12.0. The summed E-state index contributed by atoms with van der Waals surface area (Å²) < 4.78 is 0. The number of aliphatic hydroxyl groups is 1. The van der Waals surface area contributed by atoms with E-state index in [1.54, 1.807) is 6.08 Å². The van der Waals surface area contributed by atoms with Gasteiger partial charge in [0.25, 0.3) is 0 Å². The van der Waals surface area contributed by atoms with Gasteiger partial charge in [-0.1, -0.05) is 19.9 Å². The Morgan fingerprint density at radius 3 is 2.68 bits per heavy atom. The molecule has 3 saturated carbocycles. The molecule has 0 aromatic rings. The Hall–Kier alpha value is -0.830. The van der Waals surface area contributed by atoms with Gasteiger partial charge in [0.15, 0.2) is 0 Å². The molecule has 3 aliphatic carbocycles. The Bertz CT molecular complexity index is 530. The fourth-order valence-corrected chi connectivity index (χ4v) is 6.71. The molecule has 22 heavy (non-hydrogen) atoms. The van der Waals surface area contributed by atoms with Crippen LogP contribution in [0.25, 0.3) is 0 Å². The number of rotatable bonds is 0. The van der Waals surface area contributed by atoms with Crippen LogP contribution in [0.15, 0.2) is 12.2 Å². The number of fused-ring (bicyclic) bond motifs is 5. The third kappa shape index (κ3) is 1.69. The molecule has 1 amide bonds. The average Bonchev–Trinajstić information content (AvgIpc) is 2.79. The highest BCUT2D eigenvalue weighted by molar-refractivity contribution is 5.89. The molecule has 7 atom stereocenters. The summed E-state index contributed by atoms with van der Waals surface area (Å²) in [5, 5.41) is 10.5. The smallest absolute Gasteiger partial charge is 0.246 e. The van der Waals surface area contributed by atoms with Crippen molar-refractivity contribution in [1.29, 1.82) is 0 Å². The molecule has 3 unspecified atom stereocenters. The van der Waals surface area contributed by atoms with Gasteiger partial charge in [-0.05, 0) is 67.8 Å². The minimum atomic E-state index is -0.102. The van der Waals surface area contributed by atoms with E-state index in [9.17, 15) is 9.90 Å². The molecule has 0 aromatic heterocycles. The number of aliphatic hydroxyl groups excluding tert-OH is 1. The lowest BCUT2D eigenvalue weighted by Gasteiger charge is -2.60. The Morgan fingerprint density at radius 1 is 1.14 bits per heavy atom. The SMILES string of the molecule is CN1C(=O)C=C[C@]2(C)C3CC[C@]4(C)C(O)CC[C@H]4C3CC[C@@H]12. The molecule has 122 valence electrons. The van der Waals surface area contributed by atoms with E-state index in [1.165, 1.54) is 19.3 Å². The van der Waals surface area contributed by atoms with Crippen molar-refractivity contribution in [3.05, 3.63) is 12.2 Å². The van der Waals surface area contributed by atoms with Gasteiger partial charge < -0.3 is 10.0 Å². The maximum absolute atomic E-state index is 12.0. The van der Waals surface area contributed by atoms with Crippen molar-refractivity contribution in [1.82, 2.24) is 4.90 Å². The summed E-state index contributed by atoms with van der Waals surface area (Å²) in [6, 6.07) is 0.363. The predicted molar refractivity (Wildman–Crippen MR) is 86.1 cm³/mol. The fourth-order valence-electron chi connectivity index (χ4n) is 6.71. The van der Waals surface area contributed by atoms with Gasteiger partial charge in [-0.3, -0.25) is 4.79 Å². The van der Waals surface area contributed by atoms with Crippen LogP contribution in [0.1, 0.15) is 52.4 Å². The van der Waals surface area contributed by atoms with Crippen LogP contribution in [0.5, 0.6) is 0 Å². The molecule has 1 heterocycles. The van der Waals surface area contributed by atoms with E-state index >= 15 is 0 Å². The summed E-state index contributed by atoms with van der Waals surface area (Å²) in [7, 11) is 1.97. The molecule has 3 heteroatoms. The van der Waals surface area contributed by atoms with Crippen molar-refractivity contribution in [2.24, 2.45) is 28.6 Å². The number of amides is 1.